The standard InChI is InChI=1S/C8H8BrNO4/c9-4-1-7(13)2-5(11)10-8(14,3-7)6(4)12/h1,13-14H,2-3H2,(H,10,11). The number of carbonyl (C=O) groups is 2. The molecule has 0 saturated carbocycles. The van der Waals surface area contributed by atoms with E-state index in [1.54, 1.807) is 0 Å². The molecule has 76 valence electrons. The zero-order valence-electron chi connectivity index (χ0n) is 7.08. The third-order valence-corrected chi connectivity index (χ3v) is 2.95. The van der Waals surface area contributed by atoms with Crippen molar-refractivity contribution in [2.24, 2.45) is 0 Å². The molecule has 0 aromatic carbocycles. The third kappa shape index (κ3) is 1.30. The molecule has 2 aliphatic rings. The van der Waals surface area contributed by atoms with Crippen LogP contribution in [0.4, 0.5) is 0 Å². The number of Topliss-reactive ketones (excluding diaryl/α,β-unsaturated/α-hetero) is 1. The molecule has 0 radical (unpaired) electrons. The van der Waals surface area contributed by atoms with Gasteiger partial charge in [0.15, 0.2) is 0 Å². The van der Waals surface area contributed by atoms with Gasteiger partial charge in [-0.2, -0.15) is 0 Å². The lowest BCUT2D eigenvalue weighted by atomic mass is 9.78. The number of hydrogen-bond donors (Lipinski definition) is 3. The molecule has 2 atom stereocenters. The Kier molecular flexibility index (Phi) is 1.86. The van der Waals surface area contributed by atoms with Gasteiger partial charge in [0.05, 0.1) is 16.5 Å². The monoisotopic (exact) mass is 261 g/mol. The maximum Gasteiger partial charge on any atom is 0.225 e. The lowest BCUT2D eigenvalue weighted by Crippen LogP contribution is -2.65. The van der Waals surface area contributed by atoms with E-state index in [2.05, 4.69) is 21.2 Å². The van der Waals surface area contributed by atoms with E-state index in [1.807, 2.05) is 0 Å². The Morgan fingerprint density at radius 1 is 1.43 bits per heavy atom. The van der Waals surface area contributed by atoms with Gasteiger partial charge in [-0.15, -0.1) is 0 Å². The van der Waals surface area contributed by atoms with Gasteiger partial charge in [-0.3, -0.25) is 9.59 Å². The third-order valence-electron chi connectivity index (χ3n) is 2.36. The first-order valence-electron chi connectivity index (χ1n) is 4.04. The van der Waals surface area contributed by atoms with Crippen molar-refractivity contribution in [3.8, 4) is 0 Å². The molecule has 3 N–H and O–H groups in total. The van der Waals surface area contributed by atoms with Crippen molar-refractivity contribution in [2.75, 3.05) is 0 Å². The van der Waals surface area contributed by atoms with E-state index < -0.39 is 23.0 Å². The number of halogens is 1. The number of nitrogens with one attached hydrogen (secondary N) is 1. The van der Waals surface area contributed by atoms with Crippen LogP contribution in [0.1, 0.15) is 12.8 Å². The van der Waals surface area contributed by atoms with E-state index in [1.165, 1.54) is 6.08 Å². The molecule has 6 heteroatoms. The second-order valence-electron chi connectivity index (χ2n) is 3.69. The van der Waals surface area contributed by atoms with Crippen molar-refractivity contribution in [2.45, 2.75) is 24.2 Å². The van der Waals surface area contributed by atoms with Crippen LogP contribution < -0.4 is 5.32 Å². The Labute approximate surface area is 87.9 Å². The number of amides is 1. The summed E-state index contributed by atoms with van der Waals surface area (Å²) in [6.45, 7) is 0. The molecule has 0 aromatic rings. The number of ketones is 1. The summed E-state index contributed by atoms with van der Waals surface area (Å²) in [6, 6.07) is 0. The average molecular weight is 262 g/mol. The molecule has 2 rings (SSSR count). The summed E-state index contributed by atoms with van der Waals surface area (Å²) in [7, 11) is 0. The largest absolute Gasteiger partial charge is 0.385 e. The van der Waals surface area contributed by atoms with Crippen LogP contribution >= 0.6 is 15.9 Å². The molecule has 1 fully saturated rings. The molecule has 1 amide bonds. The maximum absolute atomic E-state index is 11.5. The summed E-state index contributed by atoms with van der Waals surface area (Å²) < 4.78 is 0.0914. The van der Waals surface area contributed by atoms with Crippen LogP contribution in [0.15, 0.2) is 10.6 Å². The van der Waals surface area contributed by atoms with E-state index in [0.717, 1.165) is 0 Å². The zero-order chi connectivity index (χ0) is 10.6. The summed E-state index contributed by atoms with van der Waals surface area (Å²) >= 11 is 2.94. The molecule has 1 saturated heterocycles. The molecule has 2 bridgehead atoms. The Morgan fingerprint density at radius 3 is 2.71 bits per heavy atom. The van der Waals surface area contributed by atoms with E-state index in [-0.39, 0.29) is 17.3 Å². The molecule has 0 aromatic heterocycles. The summed E-state index contributed by atoms with van der Waals surface area (Å²) in [5, 5.41) is 21.8. The van der Waals surface area contributed by atoms with Crippen LogP contribution in [-0.4, -0.2) is 33.2 Å². The number of piperidine rings is 1. The van der Waals surface area contributed by atoms with Gasteiger partial charge >= 0.3 is 0 Å². The molecular formula is C8H8BrNO4. The van der Waals surface area contributed by atoms with Gasteiger partial charge in [0.2, 0.25) is 17.4 Å². The highest BCUT2D eigenvalue weighted by atomic mass is 79.9. The fourth-order valence-electron chi connectivity index (χ4n) is 1.84. The minimum absolute atomic E-state index is 0.0914. The highest BCUT2D eigenvalue weighted by molar-refractivity contribution is 9.12. The summed E-state index contributed by atoms with van der Waals surface area (Å²) in [4.78, 5) is 22.6. The quantitative estimate of drug-likeness (QED) is 0.532. The average Bonchev–Trinajstić information content (AvgIpc) is 1.97. The Bertz CT molecular complexity index is 366. The highest BCUT2D eigenvalue weighted by Gasteiger charge is 2.53. The number of hydrogen-bond acceptors (Lipinski definition) is 4. The van der Waals surface area contributed by atoms with Crippen molar-refractivity contribution in [1.82, 2.24) is 5.32 Å². The predicted molar refractivity (Wildman–Crippen MR) is 49.3 cm³/mol. The Morgan fingerprint density at radius 2 is 2.07 bits per heavy atom. The van der Waals surface area contributed by atoms with E-state index >= 15 is 0 Å². The molecule has 0 spiro atoms. The molecule has 1 aliphatic heterocycles. The van der Waals surface area contributed by atoms with Crippen LogP contribution in [0.25, 0.3) is 0 Å². The van der Waals surface area contributed by atoms with Gasteiger partial charge in [0, 0.05) is 6.42 Å². The summed E-state index contributed by atoms with van der Waals surface area (Å²) in [5.74, 6) is -1.17. The molecule has 1 aliphatic carbocycles. The molecule has 14 heavy (non-hydrogen) atoms. The number of fused-ring (bicyclic) bond motifs is 2. The first kappa shape index (κ1) is 9.82. The fraction of sp³-hybridized carbons (Fsp3) is 0.500. The first-order valence-corrected chi connectivity index (χ1v) is 4.83. The van der Waals surface area contributed by atoms with Gasteiger partial charge in [-0.25, -0.2) is 0 Å². The van der Waals surface area contributed by atoms with Gasteiger partial charge in [-0.05, 0) is 22.0 Å². The maximum atomic E-state index is 11.5. The normalized spacial score (nSPS) is 41.8. The van der Waals surface area contributed by atoms with Crippen molar-refractivity contribution in [3.05, 3.63) is 10.6 Å². The van der Waals surface area contributed by atoms with Crippen molar-refractivity contribution in [1.29, 1.82) is 0 Å². The molecule has 1 heterocycles. The smallest absolute Gasteiger partial charge is 0.225 e. The SMILES string of the molecule is O=C1CC2(O)C=C(Br)C(=O)C(O)(C2)N1. The summed E-state index contributed by atoms with van der Waals surface area (Å²) in [6.07, 6.45) is 0.930. The zero-order valence-corrected chi connectivity index (χ0v) is 8.67. The van der Waals surface area contributed by atoms with Crippen LogP contribution in [-0.2, 0) is 9.59 Å². The van der Waals surface area contributed by atoms with E-state index in [9.17, 15) is 19.8 Å². The second-order valence-corrected chi connectivity index (χ2v) is 4.54. The van der Waals surface area contributed by atoms with Crippen LogP contribution in [0.3, 0.4) is 0 Å². The van der Waals surface area contributed by atoms with Gasteiger partial charge in [0.25, 0.3) is 0 Å². The highest BCUT2D eigenvalue weighted by Crippen LogP contribution is 2.37. The van der Waals surface area contributed by atoms with E-state index in [4.69, 9.17) is 0 Å². The Hall–Kier alpha value is -0.720. The van der Waals surface area contributed by atoms with Crippen molar-refractivity contribution >= 4 is 27.6 Å². The van der Waals surface area contributed by atoms with Gasteiger partial charge < -0.3 is 15.5 Å². The van der Waals surface area contributed by atoms with Crippen molar-refractivity contribution in [3.63, 3.8) is 0 Å². The van der Waals surface area contributed by atoms with Gasteiger partial charge in [0.1, 0.15) is 0 Å². The van der Waals surface area contributed by atoms with Crippen LogP contribution in [0, 0.1) is 0 Å². The first-order chi connectivity index (χ1) is 6.35. The molecular weight excluding hydrogens is 254 g/mol. The molecule has 5 nitrogen and oxygen atoms in total. The van der Waals surface area contributed by atoms with Gasteiger partial charge in [-0.1, -0.05) is 0 Å². The minimum atomic E-state index is -1.96. The number of aliphatic hydroxyl groups is 2. The van der Waals surface area contributed by atoms with Crippen LogP contribution in [0.2, 0.25) is 0 Å². The number of carbonyl (C=O) groups excluding carboxylic acids is 2. The summed E-state index contributed by atoms with van der Waals surface area (Å²) in [5.41, 5.74) is -3.39. The van der Waals surface area contributed by atoms with Crippen molar-refractivity contribution < 1.29 is 19.8 Å². The molecule has 2 unspecified atom stereocenters. The number of rotatable bonds is 0. The lowest BCUT2D eigenvalue weighted by Gasteiger charge is -2.42. The second kappa shape index (κ2) is 2.65. The van der Waals surface area contributed by atoms with Crippen LogP contribution in [0.5, 0.6) is 0 Å². The lowest BCUT2D eigenvalue weighted by molar-refractivity contribution is -0.163. The minimum Gasteiger partial charge on any atom is -0.385 e. The topological polar surface area (TPSA) is 86.6 Å². The predicted octanol–water partition coefficient (Wildman–Crippen LogP) is -0.822. The van der Waals surface area contributed by atoms with E-state index in [0.29, 0.717) is 0 Å². The Balaban J connectivity index is 2.52. The fourth-order valence-corrected chi connectivity index (χ4v) is 2.59.